The zero-order valence-electron chi connectivity index (χ0n) is 12.4. The van der Waals surface area contributed by atoms with Crippen molar-refractivity contribution in [2.24, 2.45) is 5.92 Å². The number of hydrogen-bond donors (Lipinski definition) is 1. The van der Waals surface area contributed by atoms with Crippen LogP contribution in [-0.4, -0.2) is 11.0 Å². The summed E-state index contributed by atoms with van der Waals surface area (Å²) in [4.78, 5) is 22.6. The lowest BCUT2D eigenvalue weighted by molar-refractivity contribution is -0.386. The highest BCUT2D eigenvalue weighted by Crippen LogP contribution is 2.34. The van der Waals surface area contributed by atoms with Gasteiger partial charge in [0.15, 0.2) is 0 Å². The summed E-state index contributed by atoms with van der Waals surface area (Å²) in [5.41, 5.74) is -0.759. The third-order valence-electron chi connectivity index (χ3n) is 4.41. The predicted molar refractivity (Wildman–Crippen MR) is 84.2 cm³/mol. The Kier molecular flexibility index (Phi) is 3.83. The van der Waals surface area contributed by atoms with Crippen molar-refractivity contribution in [1.29, 1.82) is 0 Å². The van der Waals surface area contributed by atoms with Gasteiger partial charge in [0.25, 0.3) is 0 Å². The van der Waals surface area contributed by atoms with Crippen LogP contribution < -0.4 is 10.9 Å². The van der Waals surface area contributed by atoms with E-state index in [0.717, 1.165) is 19.3 Å². The molecule has 1 fully saturated rings. The molecule has 6 heteroatoms. The molecule has 1 heterocycles. The molecule has 6 nitrogen and oxygen atoms in total. The van der Waals surface area contributed by atoms with Crippen molar-refractivity contribution >= 4 is 22.3 Å². The molecule has 1 aliphatic rings. The number of benzene rings is 1. The van der Waals surface area contributed by atoms with Gasteiger partial charge in [0.1, 0.15) is 11.3 Å². The van der Waals surface area contributed by atoms with Crippen LogP contribution in [0.25, 0.3) is 11.0 Å². The molecule has 0 saturated heterocycles. The second-order valence-corrected chi connectivity index (χ2v) is 5.88. The number of fused-ring (bicyclic) bond motifs is 1. The van der Waals surface area contributed by atoms with E-state index in [1.165, 1.54) is 6.42 Å². The maximum Gasteiger partial charge on any atom is 0.417 e. The van der Waals surface area contributed by atoms with Gasteiger partial charge in [-0.2, -0.15) is 0 Å². The topological polar surface area (TPSA) is 85.4 Å². The minimum absolute atomic E-state index is 0.137. The third-order valence-corrected chi connectivity index (χ3v) is 4.41. The first-order valence-electron chi connectivity index (χ1n) is 7.54. The fourth-order valence-electron chi connectivity index (χ4n) is 3.17. The predicted octanol–water partition coefficient (Wildman–Crippen LogP) is 3.69. The van der Waals surface area contributed by atoms with Crippen LogP contribution in [0.3, 0.4) is 0 Å². The molecule has 1 N–H and O–H groups in total. The summed E-state index contributed by atoms with van der Waals surface area (Å²) in [5, 5.41) is 15.2. The molecule has 1 aromatic carbocycles. The molecule has 0 spiro atoms. The number of para-hydroxylation sites is 1. The van der Waals surface area contributed by atoms with E-state index >= 15 is 0 Å². The summed E-state index contributed by atoms with van der Waals surface area (Å²) in [5.74, 6) is 0.416. The number of nitro groups is 1. The van der Waals surface area contributed by atoms with Crippen molar-refractivity contribution in [3.8, 4) is 0 Å². The molecule has 0 radical (unpaired) electrons. The molecule has 3 rings (SSSR count). The number of nitrogens with zero attached hydrogens (tertiary/aromatic N) is 1. The molecule has 22 heavy (non-hydrogen) atoms. The first-order valence-corrected chi connectivity index (χ1v) is 7.54. The Bertz CT molecular complexity index is 768. The van der Waals surface area contributed by atoms with Gasteiger partial charge in [0.2, 0.25) is 0 Å². The Balaban J connectivity index is 2.14. The van der Waals surface area contributed by atoms with Crippen molar-refractivity contribution in [1.82, 2.24) is 0 Å². The lowest BCUT2D eigenvalue weighted by Crippen LogP contribution is -2.31. The molecule has 0 unspecified atom stereocenters. The van der Waals surface area contributed by atoms with Gasteiger partial charge in [-0.3, -0.25) is 10.1 Å². The van der Waals surface area contributed by atoms with Crippen LogP contribution in [0.5, 0.6) is 0 Å². The quantitative estimate of drug-likeness (QED) is 0.531. The van der Waals surface area contributed by atoms with Gasteiger partial charge >= 0.3 is 11.3 Å². The van der Waals surface area contributed by atoms with Gasteiger partial charge in [-0.25, -0.2) is 4.79 Å². The maximum atomic E-state index is 12.0. The molecule has 1 saturated carbocycles. The summed E-state index contributed by atoms with van der Waals surface area (Å²) in [6.45, 7) is 2.14. The lowest BCUT2D eigenvalue weighted by Gasteiger charge is -2.30. The standard InChI is InChI=1S/C16H18N2O4/c1-10-6-2-4-8-12(10)17-14-11-7-3-5-9-13(11)22-16(19)15(14)18(20)21/h3,5,7,9-10,12,17H,2,4,6,8H2,1H3/t10-,12+/m0/s1. The van der Waals surface area contributed by atoms with Crippen molar-refractivity contribution in [2.75, 3.05) is 5.32 Å². The van der Waals surface area contributed by atoms with E-state index < -0.39 is 16.2 Å². The smallest absolute Gasteiger partial charge is 0.417 e. The first-order chi connectivity index (χ1) is 10.6. The highest BCUT2D eigenvalue weighted by atomic mass is 16.6. The van der Waals surface area contributed by atoms with Crippen LogP contribution in [0.4, 0.5) is 11.4 Å². The van der Waals surface area contributed by atoms with Gasteiger partial charge < -0.3 is 9.73 Å². The Hall–Kier alpha value is -2.37. The molecular weight excluding hydrogens is 284 g/mol. The average Bonchev–Trinajstić information content (AvgIpc) is 2.49. The van der Waals surface area contributed by atoms with Crippen molar-refractivity contribution in [3.63, 3.8) is 0 Å². The van der Waals surface area contributed by atoms with E-state index in [1.807, 2.05) is 0 Å². The molecule has 0 bridgehead atoms. The SMILES string of the molecule is C[C@H]1CCCC[C@H]1Nc1c([N+](=O)[O-])c(=O)oc2ccccc12. The molecule has 2 atom stereocenters. The number of anilines is 1. The van der Waals surface area contributed by atoms with Crippen LogP contribution in [0.1, 0.15) is 32.6 Å². The highest BCUT2D eigenvalue weighted by molar-refractivity contribution is 5.94. The zero-order chi connectivity index (χ0) is 15.7. The van der Waals surface area contributed by atoms with E-state index in [1.54, 1.807) is 24.3 Å². The van der Waals surface area contributed by atoms with E-state index in [2.05, 4.69) is 12.2 Å². The monoisotopic (exact) mass is 302 g/mol. The summed E-state index contributed by atoms with van der Waals surface area (Å²) in [7, 11) is 0. The van der Waals surface area contributed by atoms with E-state index in [4.69, 9.17) is 4.42 Å². The fraction of sp³-hybridized carbons (Fsp3) is 0.438. The van der Waals surface area contributed by atoms with E-state index in [9.17, 15) is 14.9 Å². The minimum atomic E-state index is -0.908. The molecule has 0 amide bonds. The summed E-state index contributed by atoms with van der Waals surface area (Å²) in [6, 6.07) is 7.04. The summed E-state index contributed by atoms with van der Waals surface area (Å²) in [6.07, 6.45) is 4.31. The first kappa shape index (κ1) is 14.6. The van der Waals surface area contributed by atoms with Gasteiger partial charge in [0, 0.05) is 11.4 Å². The Labute approximate surface area is 127 Å². The van der Waals surface area contributed by atoms with Crippen LogP contribution in [0, 0.1) is 16.0 Å². The largest absolute Gasteiger partial charge is 0.418 e. The second kappa shape index (κ2) is 5.79. The summed E-state index contributed by atoms with van der Waals surface area (Å²) < 4.78 is 5.07. The van der Waals surface area contributed by atoms with Crippen LogP contribution in [0.15, 0.2) is 33.5 Å². The molecule has 2 aromatic rings. The minimum Gasteiger partial charge on any atom is -0.418 e. The average molecular weight is 302 g/mol. The lowest BCUT2D eigenvalue weighted by atomic mass is 9.85. The Morgan fingerprint density at radius 2 is 2.00 bits per heavy atom. The van der Waals surface area contributed by atoms with Crippen LogP contribution in [-0.2, 0) is 0 Å². The Morgan fingerprint density at radius 1 is 1.27 bits per heavy atom. The van der Waals surface area contributed by atoms with Gasteiger partial charge in [-0.15, -0.1) is 0 Å². The number of hydrogen-bond acceptors (Lipinski definition) is 5. The fourth-order valence-corrected chi connectivity index (χ4v) is 3.17. The second-order valence-electron chi connectivity index (χ2n) is 5.88. The van der Waals surface area contributed by atoms with Gasteiger partial charge in [-0.1, -0.05) is 31.9 Å². The number of nitrogens with one attached hydrogen (secondary N) is 1. The normalized spacial score (nSPS) is 21.7. The van der Waals surface area contributed by atoms with Crippen molar-refractivity contribution < 1.29 is 9.34 Å². The molecule has 1 aromatic heterocycles. The van der Waals surface area contributed by atoms with Crippen molar-refractivity contribution in [3.05, 3.63) is 44.8 Å². The van der Waals surface area contributed by atoms with Crippen LogP contribution >= 0.6 is 0 Å². The molecular formula is C16H18N2O4. The maximum absolute atomic E-state index is 12.0. The number of rotatable bonds is 3. The van der Waals surface area contributed by atoms with Crippen LogP contribution in [0.2, 0.25) is 0 Å². The third kappa shape index (κ3) is 2.56. The Morgan fingerprint density at radius 3 is 2.73 bits per heavy atom. The van der Waals surface area contributed by atoms with E-state index in [0.29, 0.717) is 16.9 Å². The molecule has 0 aliphatic heterocycles. The zero-order valence-corrected chi connectivity index (χ0v) is 12.4. The van der Waals surface area contributed by atoms with Crippen molar-refractivity contribution in [2.45, 2.75) is 38.6 Å². The van der Waals surface area contributed by atoms with E-state index in [-0.39, 0.29) is 11.7 Å². The highest BCUT2D eigenvalue weighted by Gasteiger charge is 2.29. The van der Waals surface area contributed by atoms with Gasteiger partial charge in [0.05, 0.1) is 4.92 Å². The molecule has 1 aliphatic carbocycles. The van der Waals surface area contributed by atoms with Gasteiger partial charge in [-0.05, 0) is 30.9 Å². The summed E-state index contributed by atoms with van der Waals surface area (Å²) >= 11 is 0. The molecule has 116 valence electrons.